The Morgan fingerprint density at radius 3 is 2.32 bits per heavy atom. The fraction of sp³-hybridized carbons (Fsp3) is 0.381. The van der Waals surface area contributed by atoms with Gasteiger partial charge in [0.25, 0.3) is 15.9 Å². The van der Waals surface area contributed by atoms with Crippen molar-refractivity contribution in [3.05, 3.63) is 54.1 Å². The van der Waals surface area contributed by atoms with Crippen molar-refractivity contribution in [2.24, 2.45) is 11.8 Å². The molecule has 1 fully saturated rings. The lowest BCUT2D eigenvalue weighted by atomic mass is 9.91. The predicted octanol–water partition coefficient (Wildman–Crippen LogP) is 3.61. The Kier molecular flexibility index (Phi) is 5.93. The minimum absolute atomic E-state index is 0.0623. The molecule has 1 saturated heterocycles. The molecule has 0 aliphatic carbocycles. The second kappa shape index (κ2) is 8.22. The van der Waals surface area contributed by atoms with Crippen LogP contribution in [0.2, 0.25) is 0 Å². The van der Waals surface area contributed by atoms with Gasteiger partial charge in [0.05, 0.1) is 12.0 Å². The lowest BCUT2D eigenvalue weighted by Crippen LogP contribution is -2.42. The zero-order valence-electron chi connectivity index (χ0n) is 16.4. The number of benzene rings is 2. The third-order valence-corrected chi connectivity index (χ3v) is 6.27. The van der Waals surface area contributed by atoms with E-state index < -0.39 is 10.0 Å². The lowest BCUT2D eigenvalue weighted by molar-refractivity contribution is 0.0623. The summed E-state index contributed by atoms with van der Waals surface area (Å²) in [4.78, 5) is 14.8. The van der Waals surface area contributed by atoms with Crippen LogP contribution in [0, 0.1) is 11.8 Å². The number of rotatable bonds is 5. The molecule has 7 heteroatoms. The van der Waals surface area contributed by atoms with Crippen LogP contribution in [0.5, 0.6) is 5.75 Å². The Labute approximate surface area is 166 Å². The average molecular weight is 403 g/mol. The molecule has 6 nitrogen and oxygen atoms in total. The Bertz CT molecular complexity index is 931. The number of nitrogens with one attached hydrogen (secondary N) is 1. The first-order valence-corrected chi connectivity index (χ1v) is 10.8. The number of carbonyl (C=O) groups excluding carboxylic acids is 1. The van der Waals surface area contributed by atoms with Crippen molar-refractivity contribution in [2.45, 2.75) is 25.2 Å². The fourth-order valence-electron chi connectivity index (χ4n) is 3.68. The first-order chi connectivity index (χ1) is 13.3. The number of likely N-dealkylation sites (tertiary alicyclic amines) is 1. The van der Waals surface area contributed by atoms with Crippen LogP contribution in [0.15, 0.2) is 53.4 Å². The van der Waals surface area contributed by atoms with Gasteiger partial charge in [0.15, 0.2) is 0 Å². The number of nitrogens with zero attached hydrogens (tertiary/aromatic N) is 1. The van der Waals surface area contributed by atoms with Gasteiger partial charge in [-0.05, 0) is 60.7 Å². The van der Waals surface area contributed by atoms with Crippen LogP contribution >= 0.6 is 0 Å². The predicted molar refractivity (Wildman–Crippen MR) is 109 cm³/mol. The van der Waals surface area contributed by atoms with Crippen LogP contribution in [0.3, 0.4) is 0 Å². The molecular weight excluding hydrogens is 376 g/mol. The number of sulfonamides is 1. The number of hydrogen-bond acceptors (Lipinski definition) is 4. The van der Waals surface area contributed by atoms with Gasteiger partial charge in [-0.2, -0.15) is 0 Å². The third kappa shape index (κ3) is 4.65. The van der Waals surface area contributed by atoms with E-state index in [0.29, 0.717) is 41.9 Å². The molecule has 3 rings (SSSR count). The maximum absolute atomic E-state index is 12.9. The van der Waals surface area contributed by atoms with Gasteiger partial charge in [0.1, 0.15) is 5.75 Å². The van der Waals surface area contributed by atoms with Crippen LogP contribution in [-0.2, 0) is 10.0 Å². The molecule has 0 spiro atoms. The van der Waals surface area contributed by atoms with Gasteiger partial charge in [0, 0.05) is 24.3 Å². The van der Waals surface area contributed by atoms with Crippen molar-refractivity contribution >= 4 is 21.6 Å². The van der Waals surface area contributed by atoms with Crippen LogP contribution in [-0.4, -0.2) is 39.4 Å². The molecule has 0 radical (unpaired) electrons. The normalized spacial score (nSPS) is 19.9. The van der Waals surface area contributed by atoms with E-state index in [1.54, 1.807) is 43.5 Å². The van der Waals surface area contributed by atoms with E-state index in [1.807, 2.05) is 4.90 Å². The molecule has 1 heterocycles. The highest BCUT2D eigenvalue weighted by Gasteiger charge is 2.27. The summed E-state index contributed by atoms with van der Waals surface area (Å²) in [5, 5.41) is 0. The van der Waals surface area contributed by atoms with Gasteiger partial charge >= 0.3 is 0 Å². The number of amides is 1. The van der Waals surface area contributed by atoms with Gasteiger partial charge in [-0.3, -0.25) is 9.52 Å². The van der Waals surface area contributed by atoms with E-state index in [2.05, 4.69) is 18.6 Å². The molecule has 2 aromatic rings. The summed E-state index contributed by atoms with van der Waals surface area (Å²) in [6.45, 7) is 5.67. The minimum atomic E-state index is -3.80. The van der Waals surface area contributed by atoms with Crippen LogP contribution in [0.25, 0.3) is 0 Å². The van der Waals surface area contributed by atoms with Crippen molar-refractivity contribution in [1.82, 2.24) is 4.90 Å². The van der Waals surface area contributed by atoms with Gasteiger partial charge in [-0.1, -0.05) is 19.9 Å². The zero-order chi connectivity index (χ0) is 20.3. The second-order valence-corrected chi connectivity index (χ2v) is 9.20. The molecule has 150 valence electrons. The monoisotopic (exact) mass is 402 g/mol. The van der Waals surface area contributed by atoms with Crippen LogP contribution in [0.4, 0.5) is 5.69 Å². The smallest absolute Gasteiger partial charge is 0.261 e. The van der Waals surface area contributed by atoms with E-state index >= 15 is 0 Å². The highest BCUT2D eigenvalue weighted by Crippen LogP contribution is 2.24. The minimum Gasteiger partial charge on any atom is -0.497 e. The van der Waals surface area contributed by atoms with Crippen molar-refractivity contribution < 1.29 is 17.9 Å². The summed E-state index contributed by atoms with van der Waals surface area (Å²) in [5.41, 5.74) is 0.815. The largest absolute Gasteiger partial charge is 0.497 e. The Balaban J connectivity index is 1.80. The molecule has 1 N–H and O–H groups in total. The van der Waals surface area contributed by atoms with E-state index in [0.717, 1.165) is 6.42 Å². The summed E-state index contributed by atoms with van der Waals surface area (Å²) >= 11 is 0. The van der Waals surface area contributed by atoms with Crippen LogP contribution < -0.4 is 9.46 Å². The number of hydrogen-bond donors (Lipinski definition) is 1. The summed E-state index contributed by atoms with van der Waals surface area (Å²) in [5.74, 6) is 1.40. The fourth-order valence-corrected chi connectivity index (χ4v) is 4.78. The van der Waals surface area contributed by atoms with Crippen molar-refractivity contribution in [3.63, 3.8) is 0 Å². The number of methoxy groups -OCH3 is 1. The summed E-state index contributed by atoms with van der Waals surface area (Å²) in [6, 6.07) is 12.8. The van der Waals surface area contributed by atoms with Gasteiger partial charge in [-0.15, -0.1) is 0 Å². The molecule has 1 amide bonds. The maximum atomic E-state index is 12.9. The first-order valence-electron chi connectivity index (χ1n) is 9.34. The molecular formula is C21H26N2O4S. The van der Waals surface area contributed by atoms with Crippen molar-refractivity contribution in [2.75, 3.05) is 24.9 Å². The summed E-state index contributed by atoms with van der Waals surface area (Å²) < 4.78 is 33.1. The molecule has 0 saturated carbocycles. The van der Waals surface area contributed by atoms with E-state index in [1.165, 1.54) is 12.1 Å². The quantitative estimate of drug-likeness (QED) is 0.829. The third-order valence-electron chi connectivity index (χ3n) is 4.89. The standard InChI is InChI=1S/C21H26N2O4S/c1-15-11-16(2)14-23(13-15)21(24)17-5-4-6-20(12-17)28(25,26)22-18-7-9-19(27-3)10-8-18/h4-10,12,15-16,22H,11,13-14H2,1-3H3/t15-,16-/m1/s1. The summed E-state index contributed by atoms with van der Waals surface area (Å²) in [6.07, 6.45) is 1.10. The topological polar surface area (TPSA) is 75.7 Å². The number of anilines is 1. The van der Waals surface area contributed by atoms with E-state index in [4.69, 9.17) is 4.74 Å². The highest BCUT2D eigenvalue weighted by atomic mass is 32.2. The first kappa shape index (κ1) is 20.2. The summed E-state index contributed by atoms with van der Waals surface area (Å²) in [7, 11) is -2.26. The average Bonchev–Trinajstić information content (AvgIpc) is 2.67. The SMILES string of the molecule is COc1ccc(NS(=O)(=O)c2cccc(C(=O)N3C[C@H](C)C[C@@H](C)C3)c2)cc1. The molecule has 1 aliphatic rings. The lowest BCUT2D eigenvalue weighted by Gasteiger charge is -2.35. The zero-order valence-corrected chi connectivity index (χ0v) is 17.2. The molecule has 1 aliphatic heterocycles. The van der Waals surface area contributed by atoms with E-state index in [-0.39, 0.29) is 10.8 Å². The Morgan fingerprint density at radius 1 is 1.07 bits per heavy atom. The Morgan fingerprint density at radius 2 is 1.71 bits per heavy atom. The van der Waals surface area contributed by atoms with Crippen molar-refractivity contribution in [1.29, 1.82) is 0 Å². The highest BCUT2D eigenvalue weighted by molar-refractivity contribution is 7.92. The van der Waals surface area contributed by atoms with E-state index in [9.17, 15) is 13.2 Å². The molecule has 2 aromatic carbocycles. The number of ether oxygens (including phenoxy) is 1. The number of carbonyl (C=O) groups is 1. The van der Waals surface area contributed by atoms with Gasteiger partial charge < -0.3 is 9.64 Å². The molecule has 0 aromatic heterocycles. The van der Waals surface area contributed by atoms with Crippen LogP contribution in [0.1, 0.15) is 30.6 Å². The van der Waals surface area contributed by atoms with Gasteiger partial charge in [0.2, 0.25) is 0 Å². The van der Waals surface area contributed by atoms with Gasteiger partial charge in [-0.25, -0.2) is 8.42 Å². The maximum Gasteiger partial charge on any atom is 0.261 e. The number of piperidine rings is 1. The molecule has 0 unspecified atom stereocenters. The molecule has 2 atom stereocenters. The Hall–Kier alpha value is -2.54. The molecule has 0 bridgehead atoms. The molecule has 28 heavy (non-hydrogen) atoms. The second-order valence-electron chi connectivity index (χ2n) is 7.52. The van der Waals surface area contributed by atoms with Crippen molar-refractivity contribution in [3.8, 4) is 5.75 Å².